The van der Waals surface area contributed by atoms with Crippen LogP contribution >= 0.6 is 15.9 Å². The zero-order valence-corrected chi connectivity index (χ0v) is 10.2. The Balaban J connectivity index is 2.92. The topological polar surface area (TPSA) is 35.2 Å². The maximum atomic E-state index is 5.49. The van der Waals surface area contributed by atoms with Gasteiger partial charge in [0.1, 0.15) is 5.75 Å². The average molecular weight is 258 g/mol. The lowest BCUT2D eigenvalue weighted by Gasteiger charge is -2.09. The summed E-state index contributed by atoms with van der Waals surface area (Å²) in [4.78, 5) is 0. The smallest absolute Gasteiger partial charge is 0.133 e. The summed E-state index contributed by atoms with van der Waals surface area (Å²) in [5.41, 5.74) is 8.09. The number of nitrogens with two attached hydrogens (primary N) is 1. The molecule has 1 aromatic rings. The fraction of sp³-hybridized carbons (Fsp3) is 0.455. The van der Waals surface area contributed by atoms with Gasteiger partial charge in [0.05, 0.1) is 11.6 Å². The van der Waals surface area contributed by atoms with Crippen molar-refractivity contribution in [2.75, 3.05) is 13.7 Å². The summed E-state index contributed by atoms with van der Waals surface area (Å²) in [5, 5.41) is 0. The number of aryl methyl sites for hydroxylation is 2. The minimum absolute atomic E-state index is 0.734. The van der Waals surface area contributed by atoms with Crippen LogP contribution in [0.1, 0.15) is 17.5 Å². The Labute approximate surface area is 93.6 Å². The molecule has 0 saturated carbocycles. The molecule has 1 aromatic carbocycles. The third-order valence-corrected chi connectivity index (χ3v) is 2.88. The molecule has 2 N–H and O–H groups in total. The van der Waals surface area contributed by atoms with Crippen molar-refractivity contribution in [1.82, 2.24) is 0 Å². The number of ether oxygens (including phenoxy) is 1. The van der Waals surface area contributed by atoms with E-state index < -0.39 is 0 Å². The normalized spacial score (nSPS) is 10.3. The Morgan fingerprint density at radius 2 is 2.14 bits per heavy atom. The van der Waals surface area contributed by atoms with Gasteiger partial charge in [0.15, 0.2) is 0 Å². The molecule has 0 atom stereocenters. The zero-order chi connectivity index (χ0) is 10.6. The quantitative estimate of drug-likeness (QED) is 0.901. The molecule has 0 unspecified atom stereocenters. The number of methoxy groups -OCH3 is 1. The second kappa shape index (κ2) is 5.37. The van der Waals surface area contributed by atoms with Crippen LogP contribution in [0, 0.1) is 6.92 Å². The third kappa shape index (κ3) is 2.72. The molecule has 14 heavy (non-hydrogen) atoms. The van der Waals surface area contributed by atoms with E-state index in [0.717, 1.165) is 29.6 Å². The van der Waals surface area contributed by atoms with Gasteiger partial charge in [-0.2, -0.15) is 0 Å². The molecule has 0 aliphatic heterocycles. The second-order valence-electron chi connectivity index (χ2n) is 3.31. The monoisotopic (exact) mass is 257 g/mol. The summed E-state index contributed by atoms with van der Waals surface area (Å²) in [6, 6.07) is 4.17. The van der Waals surface area contributed by atoms with Crippen molar-refractivity contribution < 1.29 is 4.74 Å². The fourth-order valence-corrected chi connectivity index (χ4v) is 2.03. The van der Waals surface area contributed by atoms with Crippen LogP contribution in [0.15, 0.2) is 16.6 Å². The first-order valence-corrected chi connectivity index (χ1v) is 5.51. The van der Waals surface area contributed by atoms with Crippen LogP contribution in [0.25, 0.3) is 0 Å². The summed E-state index contributed by atoms with van der Waals surface area (Å²) in [7, 11) is 1.68. The van der Waals surface area contributed by atoms with E-state index in [2.05, 4.69) is 35.0 Å². The molecule has 0 aliphatic rings. The molecule has 0 bridgehead atoms. The molecule has 0 aromatic heterocycles. The van der Waals surface area contributed by atoms with Gasteiger partial charge in [-0.25, -0.2) is 0 Å². The average Bonchev–Trinajstić information content (AvgIpc) is 2.17. The van der Waals surface area contributed by atoms with E-state index in [1.54, 1.807) is 7.11 Å². The van der Waals surface area contributed by atoms with Gasteiger partial charge in [0, 0.05) is 0 Å². The van der Waals surface area contributed by atoms with Gasteiger partial charge in [0.25, 0.3) is 0 Å². The van der Waals surface area contributed by atoms with Crippen LogP contribution in [0.2, 0.25) is 0 Å². The van der Waals surface area contributed by atoms with Crippen LogP contribution in [-0.4, -0.2) is 13.7 Å². The molecular formula is C11H16BrNO. The largest absolute Gasteiger partial charge is 0.496 e. The SMILES string of the molecule is COc1cc(CCCN)c(C)cc1Br. The van der Waals surface area contributed by atoms with Crippen LogP contribution < -0.4 is 10.5 Å². The number of halogens is 1. The summed E-state index contributed by atoms with van der Waals surface area (Å²) >= 11 is 3.46. The lowest BCUT2D eigenvalue weighted by Crippen LogP contribution is -2.01. The highest BCUT2D eigenvalue weighted by molar-refractivity contribution is 9.10. The van der Waals surface area contributed by atoms with Crippen molar-refractivity contribution in [3.8, 4) is 5.75 Å². The highest BCUT2D eigenvalue weighted by atomic mass is 79.9. The lowest BCUT2D eigenvalue weighted by molar-refractivity contribution is 0.411. The fourth-order valence-electron chi connectivity index (χ4n) is 1.41. The molecular weight excluding hydrogens is 242 g/mol. The number of hydrogen-bond acceptors (Lipinski definition) is 2. The van der Waals surface area contributed by atoms with E-state index in [1.165, 1.54) is 11.1 Å². The Bertz CT molecular complexity index is 312. The van der Waals surface area contributed by atoms with E-state index in [0.29, 0.717) is 0 Å². The highest BCUT2D eigenvalue weighted by Gasteiger charge is 2.05. The minimum atomic E-state index is 0.734. The van der Waals surface area contributed by atoms with E-state index in [1.807, 2.05) is 0 Å². The Hall–Kier alpha value is -0.540. The molecule has 2 nitrogen and oxygen atoms in total. The molecule has 0 spiro atoms. The maximum Gasteiger partial charge on any atom is 0.133 e. The molecule has 0 saturated heterocycles. The third-order valence-electron chi connectivity index (χ3n) is 2.26. The van der Waals surface area contributed by atoms with Crippen LogP contribution in [0.3, 0.4) is 0 Å². The van der Waals surface area contributed by atoms with Crippen molar-refractivity contribution in [1.29, 1.82) is 0 Å². The predicted octanol–water partition coefficient (Wildman–Crippen LogP) is 2.66. The molecule has 78 valence electrons. The predicted molar refractivity (Wildman–Crippen MR) is 62.8 cm³/mol. The van der Waals surface area contributed by atoms with Gasteiger partial charge >= 0.3 is 0 Å². The van der Waals surface area contributed by atoms with Gasteiger partial charge in [0.2, 0.25) is 0 Å². The first-order valence-electron chi connectivity index (χ1n) is 4.72. The Morgan fingerprint density at radius 3 is 2.71 bits per heavy atom. The molecule has 1 rings (SSSR count). The Morgan fingerprint density at radius 1 is 1.43 bits per heavy atom. The number of rotatable bonds is 4. The van der Waals surface area contributed by atoms with E-state index in [4.69, 9.17) is 10.5 Å². The molecule has 3 heteroatoms. The first kappa shape index (κ1) is 11.5. The number of hydrogen-bond donors (Lipinski definition) is 1. The first-order chi connectivity index (χ1) is 6.69. The van der Waals surface area contributed by atoms with E-state index in [-0.39, 0.29) is 0 Å². The molecule has 0 aliphatic carbocycles. The van der Waals surface area contributed by atoms with Crippen molar-refractivity contribution >= 4 is 15.9 Å². The summed E-state index contributed by atoms with van der Waals surface area (Å²) in [5.74, 6) is 0.891. The van der Waals surface area contributed by atoms with Gasteiger partial charge in [-0.3, -0.25) is 0 Å². The standard InChI is InChI=1S/C11H16BrNO/c1-8-6-10(12)11(14-2)7-9(8)4-3-5-13/h6-7H,3-5,13H2,1-2H3. The molecule has 0 radical (unpaired) electrons. The van der Waals surface area contributed by atoms with Gasteiger partial charge in [-0.1, -0.05) is 0 Å². The van der Waals surface area contributed by atoms with Crippen LogP contribution in [0.4, 0.5) is 0 Å². The van der Waals surface area contributed by atoms with Crippen LogP contribution in [0.5, 0.6) is 5.75 Å². The van der Waals surface area contributed by atoms with Crippen molar-refractivity contribution in [2.45, 2.75) is 19.8 Å². The second-order valence-corrected chi connectivity index (χ2v) is 4.16. The van der Waals surface area contributed by atoms with E-state index >= 15 is 0 Å². The van der Waals surface area contributed by atoms with Gasteiger partial charge < -0.3 is 10.5 Å². The minimum Gasteiger partial charge on any atom is -0.496 e. The lowest BCUT2D eigenvalue weighted by atomic mass is 10.0. The zero-order valence-electron chi connectivity index (χ0n) is 8.64. The van der Waals surface area contributed by atoms with Crippen molar-refractivity contribution in [3.63, 3.8) is 0 Å². The summed E-state index contributed by atoms with van der Waals surface area (Å²) in [6.45, 7) is 2.84. The van der Waals surface area contributed by atoms with Crippen molar-refractivity contribution in [2.24, 2.45) is 5.73 Å². The molecule has 0 amide bonds. The Kier molecular flexibility index (Phi) is 4.42. The van der Waals surface area contributed by atoms with Crippen LogP contribution in [-0.2, 0) is 6.42 Å². The molecule has 0 heterocycles. The van der Waals surface area contributed by atoms with Gasteiger partial charge in [-0.05, 0) is 65.5 Å². The summed E-state index contributed by atoms with van der Waals surface area (Å²) in [6.07, 6.45) is 2.04. The highest BCUT2D eigenvalue weighted by Crippen LogP contribution is 2.28. The van der Waals surface area contributed by atoms with Gasteiger partial charge in [-0.15, -0.1) is 0 Å². The number of benzene rings is 1. The summed E-state index contributed by atoms with van der Waals surface area (Å²) < 4.78 is 6.25. The van der Waals surface area contributed by atoms with Crippen molar-refractivity contribution in [3.05, 3.63) is 27.7 Å². The maximum absolute atomic E-state index is 5.49. The van der Waals surface area contributed by atoms with E-state index in [9.17, 15) is 0 Å². The molecule has 0 fully saturated rings.